The molecule has 3 rings (SSSR count). The lowest BCUT2D eigenvalue weighted by Crippen LogP contribution is -2.38. The second-order valence-electron chi connectivity index (χ2n) is 5.25. The first-order chi connectivity index (χ1) is 10.5. The van der Waals surface area contributed by atoms with E-state index in [0.29, 0.717) is 18.0 Å². The van der Waals surface area contributed by atoms with E-state index in [9.17, 15) is 9.59 Å². The number of carbonyl (C=O) groups excluding carboxylic acids is 1. The van der Waals surface area contributed by atoms with Crippen LogP contribution >= 0.6 is 0 Å². The number of carboxylic acid groups (broad SMARTS) is 1. The van der Waals surface area contributed by atoms with Gasteiger partial charge in [-0.25, -0.2) is 4.79 Å². The highest BCUT2D eigenvalue weighted by Gasteiger charge is 2.25. The molecule has 1 N–H and O–H groups in total. The number of carboxylic acids is 1. The van der Waals surface area contributed by atoms with E-state index in [1.165, 1.54) is 6.07 Å². The first-order valence-electron chi connectivity index (χ1n) is 6.90. The van der Waals surface area contributed by atoms with Crippen molar-refractivity contribution in [1.29, 1.82) is 0 Å². The Morgan fingerprint density at radius 1 is 1.27 bits per heavy atom. The Hall–Kier alpha value is -2.82. The lowest BCUT2D eigenvalue weighted by Gasteiger charge is -2.29. The van der Waals surface area contributed by atoms with Gasteiger partial charge in [0.25, 0.3) is 5.91 Å². The quantitative estimate of drug-likeness (QED) is 0.945. The van der Waals surface area contributed by atoms with Gasteiger partial charge in [0.2, 0.25) is 0 Å². The maximum Gasteiger partial charge on any atom is 0.335 e. The first kappa shape index (κ1) is 14.1. The fraction of sp³-hybridized carbons (Fsp3) is 0.176. The summed E-state index contributed by atoms with van der Waals surface area (Å²) in [5.74, 6) is -0.447. The van der Waals surface area contributed by atoms with Crippen molar-refractivity contribution < 1.29 is 19.4 Å². The van der Waals surface area contributed by atoms with E-state index >= 15 is 0 Å². The number of amides is 1. The summed E-state index contributed by atoms with van der Waals surface area (Å²) in [6.45, 7) is 2.27. The van der Waals surface area contributed by atoms with Crippen molar-refractivity contribution in [1.82, 2.24) is 0 Å². The molecule has 0 saturated heterocycles. The van der Waals surface area contributed by atoms with E-state index in [4.69, 9.17) is 9.84 Å². The summed E-state index contributed by atoms with van der Waals surface area (Å²) in [5.41, 5.74) is 2.74. The summed E-state index contributed by atoms with van der Waals surface area (Å²) in [5, 5.41) is 9.05. The summed E-state index contributed by atoms with van der Waals surface area (Å²) in [6.07, 6.45) is 0. The number of hydrogen-bond donors (Lipinski definition) is 1. The number of fused-ring (bicyclic) bond motifs is 1. The van der Waals surface area contributed by atoms with Gasteiger partial charge in [0, 0.05) is 0 Å². The molecule has 0 saturated carbocycles. The van der Waals surface area contributed by atoms with Gasteiger partial charge in [-0.1, -0.05) is 18.2 Å². The van der Waals surface area contributed by atoms with Crippen molar-refractivity contribution in [3.8, 4) is 5.75 Å². The minimum Gasteiger partial charge on any atom is -0.482 e. The molecule has 22 heavy (non-hydrogen) atoms. The van der Waals surface area contributed by atoms with E-state index in [-0.39, 0.29) is 18.1 Å². The lowest BCUT2D eigenvalue weighted by atomic mass is 10.1. The van der Waals surface area contributed by atoms with Crippen molar-refractivity contribution in [3.05, 3.63) is 59.2 Å². The van der Waals surface area contributed by atoms with E-state index in [1.54, 1.807) is 17.0 Å². The van der Waals surface area contributed by atoms with Crippen molar-refractivity contribution in [3.63, 3.8) is 0 Å². The fourth-order valence-corrected chi connectivity index (χ4v) is 2.47. The van der Waals surface area contributed by atoms with Gasteiger partial charge in [-0.15, -0.1) is 0 Å². The predicted octanol–water partition coefficient (Wildman–Crippen LogP) is 2.62. The van der Waals surface area contributed by atoms with Crippen molar-refractivity contribution in [2.75, 3.05) is 11.5 Å². The Labute approximate surface area is 127 Å². The molecular weight excluding hydrogens is 282 g/mol. The molecule has 1 heterocycles. The average molecular weight is 297 g/mol. The van der Waals surface area contributed by atoms with Crippen LogP contribution in [0.25, 0.3) is 0 Å². The Kier molecular flexibility index (Phi) is 3.55. The van der Waals surface area contributed by atoms with Gasteiger partial charge in [-0.05, 0) is 42.3 Å². The highest BCUT2D eigenvalue weighted by Crippen LogP contribution is 2.33. The van der Waals surface area contributed by atoms with E-state index in [2.05, 4.69) is 0 Å². The lowest BCUT2D eigenvalue weighted by molar-refractivity contribution is -0.121. The molecule has 0 bridgehead atoms. The summed E-state index contributed by atoms with van der Waals surface area (Å²) in [7, 11) is 0. The van der Waals surface area contributed by atoms with Crippen LogP contribution in [0.4, 0.5) is 5.69 Å². The molecule has 0 spiro atoms. The fourth-order valence-electron chi connectivity index (χ4n) is 2.47. The number of hydrogen-bond acceptors (Lipinski definition) is 3. The largest absolute Gasteiger partial charge is 0.482 e. The zero-order valence-corrected chi connectivity index (χ0v) is 12.1. The van der Waals surface area contributed by atoms with Crippen LogP contribution < -0.4 is 9.64 Å². The molecule has 0 radical (unpaired) electrons. The maximum atomic E-state index is 12.1. The maximum absolute atomic E-state index is 12.1. The smallest absolute Gasteiger partial charge is 0.335 e. The van der Waals surface area contributed by atoms with E-state index in [0.717, 1.165) is 11.1 Å². The molecule has 1 amide bonds. The molecular formula is C17H15NO4. The third-order valence-electron chi connectivity index (χ3n) is 3.57. The molecule has 1 aliphatic rings. The summed E-state index contributed by atoms with van der Waals surface area (Å²) in [6, 6.07) is 12.3. The Morgan fingerprint density at radius 2 is 2.09 bits per heavy atom. The molecule has 0 fully saturated rings. The number of ether oxygens (including phenoxy) is 1. The molecule has 5 heteroatoms. The van der Waals surface area contributed by atoms with Crippen LogP contribution in [0.3, 0.4) is 0 Å². The van der Waals surface area contributed by atoms with Crippen molar-refractivity contribution in [2.45, 2.75) is 13.5 Å². The number of carbonyl (C=O) groups is 2. The third kappa shape index (κ3) is 2.65. The van der Waals surface area contributed by atoms with Gasteiger partial charge >= 0.3 is 5.97 Å². The molecule has 0 aliphatic carbocycles. The SMILES string of the molecule is Cc1ccc2c(c1)OCC(=O)N2Cc1cccc(C(=O)O)c1. The normalized spacial score (nSPS) is 13.5. The van der Waals surface area contributed by atoms with Crippen LogP contribution in [0.5, 0.6) is 5.75 Å². The van der Waals surface area contributed by atoms with Gasteiger partial charge in [-0.3, -0.25) is 4.79 Å². The Balaban J connectivity index is 1.93. The Morgan fingerprint density at radius 3 is 2.86 bits per heavy atom. The summed E-state index contributed by atoms with van der Waals surface area (Å²) in [4.78, 5) is 24.8. The van der Waals surface area contributed by atoms with Gasteiger partial charge in [-0.2, -0.15) is 0 Å². The van der Waals surface area contributed by atoms with E-state index in [1.807, 2.05) is 31.2 Å². The van der Waals surface area contributed by atoms with Crippen molar-refractivity contribution >= 4 is 17.6 Å². The zero-order valence-electron chi connectivity index (χ0n) is 12.1. The summed E-state index contributed by atoms with van der Waals surface area (Å²) < 4.78 is 5.46. The zero-order chi connectivity index (χ0) is 15.7. The molecule has 5 nitrogen and oxygen atoms in total. The first-order valence-corrected chi connectivity index (χ1v) is 6.90. The average Bonchev–Trinajstić information content (AvgIpc) is 2.50. The number of aryl methyl sites for hydroxylation is 1. The predicted molar refractivity (Wildman–Crippen MR) is 81.3 cm³/mol. The van der Waals surface area contributed by atoms with Crippen LogP contribution in [0.15, 0.2) is 42.5 Å². The minimum atomic E-state index is -0.980. The highest BCUT2D eigenvalue weighted by atomic mass is 16.5. The monoisotopic (exact) mass is 297 g/mol. The number of anilines is 1. The van der Waals surface area contributed by atoms with Gasteiger partial charge in [0.1, 0.15) is 5.75 Å². The molecule has 1 aliphatic heterocycles. The highest BCUT2D eigenvalue weighted by molar-refractivity contribution is 5.97. The molecule has 0 atom stereocenters. The molecule has 0 unspecified atom stereocenters. The molecule has 112 valence electrons. The molecule has 2 aromatic rings. The van der Waals surface area contributed by atoms with Crippen LogP contribution in [0.2, 0.25) is 0 Å². The van der Waals surface area contributed by atoms with Crippen molar-refractivity contribution in [2.24, 2.45) is 0 Å². The minimum absolute atomic E-state index is 0.00489. The topological polar surface area (TPSA) is 66.8 Å². The molecule has 2 aromatic carbocycles. The number of benzene rings is 2. The van der Waals surface area contributed by atoms with Gasteiger partial charge in [0.05, 0.1) is 17.8 Å². The van der Waals surface area contributed by atoms with Crippen LogP contribution in [0.1, 0.15) is 21.5 Å². The number of nitrogens with zero attached hydrogens (tertiary/aromatic N) is 1. The number of aromatic carboxylic acids is 1. The van der Waals surface area contributed by atoms with Gasteiger partial charge < -0.3 is 14.7 Å². The number of rotatable bonds is 3. The van der Waals surface area contributed by atoms with Crippen LogP contribution in [0, 0.1) is 6.92 Å². The second-order valence-corrected chi connectivity index (χ2v) is 5.25. The standard InChI is InChI=1S/C17H15NO4/c1-11-5-6-14-15(7-11)22-10-16(19)18(14)9-12-3-2-4-13(8-12)17(20)21/h2-8H,9-10H2,1H3,(H,20,21). The second kappa shape index (κ2) is 5.52. The van der Waals surface area contributed by atoms with Crippen LogP contribution in [-0.4, -0.2) is 23.6 Å². The van der Waals surface area contributed by atoms with Crippen LogP contribution in [-0.2, 0) is 11.3 Å². The van der Waals surface area contributed by atoms with Gasteiger partial charge in [0.15, 0.2) is 6.61 Å². The molecule has 0 aromatic heterocycles. The van der Waals surface area contributed by atoms with E-state index < -0.39 is 5.97 Å². The summed E-state index contributed by atoms with van der Waals surface area (Å²) >= 11 is 0. The Bertz CT molecular complexity index is 754. The third-order valence-corrected chi connectivity index (χ3v) is 3.57.